The molecule has 1 nitrogen and oxygen atoms in total. The Morgan fingerprint density at radius 2 is 0.933 bits per heavy atom. The average Bonchev–Trinajstić information content (AvgIpc) is 2.58. The van der Waals surface area contributed by atoms with Crippen molar-refractivity contribution in [1.82, 2.24) is 0 Å². The number of rotatable bonds is 14. The third-order valence-electron chi connectivity index (χ3n) is 5.52. The first-order valence-corrected chi connectivity index (χ1v) is 27.3. The van der Waals surface area contributed by atoms with Gasteiger partial charge < -0.3 is 4.74 Å². The van der Waals surface area contributed by atoms with Crippen molar-refractivity contribution in [3.05, 3.63) is 24.3 Å². The van der Waals surface area contributed by atoms with Crippen LogP contribution in [-0.4, -0.2) is 35.3 Å². The maximum absolute atomic E-state index is 6.42. The molecule has 0 unspecified atom stereocenters. The maximum Gasteiger partial charge on any atom is 0.248 e. The van der Waals surface area contributed by atoms with Crippen LogP contribution in [0.5, 0.6) is 5.75 Å². The largest absolute Gasteiger partial charge is 0.497 e. The Bertz CT molecular complexity index is 576. The van der Waals surface area contributed by atoms with E-state index >= 15 is 0 Å². The fraction of sp³-hybridized carbons (Fsp3) is 0.684. The van der Waals surface area contributed by atoms with E-state index in [2.05, 4.69) is 24.3 Å². The molecule has 0 spiro atoms. The van der Waals surface area contributed by atoms with E-state index in [0.717, 1.165) is 61.3 Å². The lowest BCUT2D eigenvalue weighted by atomic mass is 10.3. The molecular weight excluding hydrogens is 569 g/mol. The Labute approximate surface area is 215 Å². The van der Waals surface area contributed by atoms with Gasteiger partial charge in [-0.2, -0.15) is 0 Å². The van der Waals surface area contributed by atoms with E-state index in [1.807, 2.05) is 19.6 Å². The molecule has 1 aromatic rings. The van der Waals surface area contributed by atoms with Crippen LogP contribution in [0.4, 0.5) is 0 Å². The highest BCUT2D eigenvalue weighted by Crippen LogP contribution is 2.35. The van der Waals surface area contributed by atoms with Crippen LogP contribution in [0.2, 0.25) is 55.9 Å². The summed E-state index contributed by atoms with van der Waals surface area (Å²) >= 11 is 38.5. The van der Waals surface area contributed by atoms with E-state index in [4.69, 9.17) is 71.2 Å². The predicted octanol–water partition coefficient (Wildman–Crippen LogP) is 9.17. The molecule has 0 aromatic heterocycles. The molecule has 0 aliphatic carbocycles. The fourth-order valence-corrected chi connectivity index (χ4v) is 14.9. The lowest BCUT2D eigenvalue weighted by molar-refractivity contribution is 0.415. The van der Waals surface area contributed by atoms with E-state index < -0.39 is 28.2 Å². The standard InChI is InChI=1S/C19H34Cl6OSi4/c1-26-18-8-10-19(11-9-18)30(15-5-12-27(2,20)21,16-6-13-28(3,22)23)17-7-14-29(4,24)25/h8-11H,5-7,12-17H2,1-4H3. The van der Waals surface area contributed by atoms with Crippen molar-refractivity contribution in [3.63, 3.8) is 0 Å². The molecule has 1 aromatic carbocycles. The fourth-order valence-electron chi connectivity index (χ4n) is 3.96. The molecule has 0 heterocycles. The molecule has 0 saturated carbocycles. The first-order valence-electron chi connectivity index (χ1n) is 10.4. The first kappa shape index (κ1) is 29.7. The van der Waals surface area contributed by atoms with Gasteiger partial charge in [0.15, 0.2) is 0 Å². The van der Waals surface area contributed by atoms with Gasteiger partial charge in [-0.05, 0) is 49.9 Å². The summed E-state index contributed by atoms with van der Waals surface area (Å²) in [5.74, 6) is 0.881. The van der Waals surface area contributed by atoms with E-state index in [1.54, 1.807) is 7.11 Å². The third kappa shape index (κ3) is 12.8. The third-order valence-corrected chi connectivity index (χ3v) is 18.1. The Morgan fingerprint density at radius 3 is 1.20 bits per heavy atom. The van der Waals surface area contributed by atoms with E-state index in [-0.39, 0.29) is 0 Å². The minimum absolute atomic E-state index is 0.881. The predicted molar refractivity (Wildman–Crippen MR) is 151 cm³/mol. The number of hydrogen-bond acceptors (Lipinski definition) is 1. The Balaban J connectivity index is 3.15. The second-order valence-corrected chi connectivity index (χ2v) is 38.1. The molecule has 0 saturated heterocycles. The summed E-state index contributed by atoms with van der Waals surface area (Å²) in [6.45, 7) is -0.349. The van der Waals surface area contributed by atoms with Gasteiger partial charge in [0.2, 0.25) is 20.1 Å². The van der Waals surface area contributed by atoms with Crippen molar-refractivity contribution in [1.29, 1.82) is 0 Å². The van der Waals surface area contributed by atoms with Gasteiger partial charge in [0, 0.05) is 0 Å². The molecule has 174 valence electrons. The first-order chi connectivity index (χ1) is 13.7. The van der Waals surface area contributed by atoms with Gasteiger partial charge in [0.1, 0.15) is 5.75 Å². The zero-order valence-electron chi connectivity index (χ0n) is 18.3. The number of hydrogen-bond donors (Lipinski definition) is 0. The maximum atomic E-state index is 6.42. The lowest BCUT2D eigenvalue weighted by Crippen LogP contribution is -2.48. The SMILES string of the molecule is COc1ccc([Si](CCC[Si](C)(Cl)Cl)(CCC[Si](C)(Cl)Cl)CCC[Si](C)(Cl)Cl)cc1. The highest BCUT2D eigenvalue weighted by atomic mass is 35.7. The summed E-state index contributed by atoms with van der Waals surface area (Å²) in [4.78, 5) is 0. The molecule has 30 heavy (non-hydrogen) atoms. The summed E-state index contributed by atoms with van der Waals surface area (Å²) < 4.78 is 5.39. The number of halogens is 6. The summed E-state index contributed by atoms with van der Waals surface area (Å²) in [6.07, 6.45) is 3.17. The van der Waals surface area contributed by atoms with E-state index in [1.165, 1.54) is 5.19 Å². The van der Waals surface area contributed by atoms with Crippen molar-refractivity contribution in [3.8, 4) is 5.75 Å². The molecule has 0 radical (unpaired) electrons. The smallest absolute Gasteiger partial charge is 0.248 e. The Kier molecular flexibility index (Phi) is 12.8. The lowest BCUT2D eigenvalue weighted by Gasteiger charge is -2.34. The molecule has 0 amide bonds. The van der Waals surface area contributed by atoms with Gasteiger partial charge in [0.05, 0.1) is 15.2 Å². The van der Waals surface area contributed by atoms with Gasteiger partial charge >= 0.3 is 0 Å². The second kappa shape index (κ2) is 12.9. The van der Waals surface area contributed by atoms with Crippen molar-refractivity contribution in [2.24, 2.45) is 0 Å². The molecule has 1 rings (SSSR count). The monoisotopic (exact) mass is 600 g/mol. The molecule has 11 heteroatoms. The minimum Gasteiger partial charge on any atom is -0.497 e. The van der Waals surface area contributed by atoms with Crippen molar-refractivity contribution >= 4 is 99.8 Å². The normalized spacial score (nSPS) is 13.5. The number of benzene rings is 1. The molecule has 0 aliphatic rings. The summed E-state index contributed by atoms with van der Waals surface area (Å²) in [5.41, 5.74) is 0. The summed E-state index contributed by atoms with van der Waals surface area (Å²) in [7, 11) is -0.148. The van der Waals surface area contributed by atoms with Gasteiger partial charge in [-0.1, -0.05) is 54.7 Å². The van der Waals surface area contributed by atoms with Crippen molar-refractivity contribution in [2.45, 2.75) is 75.2 Å². The van der Waals surface area contributed by atoms with Crippen LogP contribution in [0.15, 0.2) is 24.3 Å². The molecule has 0 fully saturated rings. The highest BCUT2D eigenvalue weighted by molar-refractivity contribution is 7.45. The highest BCUT2D eigenvalue weighted by Gasteiger charge is 2.36. The van der Waals surface area contributed by atoms with Crippen LogP contribution in [-0.2, 0) is 0 Å². The van der Waals surface area contributed by atoms with Crippen LogP contribution in [0, 0.1) is 0 Å². The second-order valence-electron chi connectivity index (χ2n) is 8.78. The summed E-state index contributed by atoms with van der Waals surface area (Å²) in [5, 5.41) is 1.45. The quantitative estimate of drug-likeness (QED) is 0.152. The zero-order valence-corrected chi connectivity index (χ0v) is 26.9. The Morgan fingerprint density at radius 1 is 0.600 bits per heavy atom. The number of methoxy groups -OCH3 is 1. The zero-order chi connectivity index (χ0) is 23.1. The van der Waals surface area contributed by atoms with Crippen LogP contribution in [0.25, 0.3) is 0 Å². The van der Waals surface area contributed by atoms with Crippen LogP contribution < -0.4 is 9.92 Å². The van der Waals surface area contributed by atoms with Crippen molar-refractivity contribution in [2.75, 3.05) is 7.11 Å². The molecule has 0 aliphatic heterocycles. The molecular formula is C19H34Cl6OSi4. The minimum atomic E-state index is -2.12. The van der Waals surface area contributed by atoms with Crippen molar-refractivity contribution < 1.29 is 4.74 Å². The summed E-state index contributed by atoms with van der Waals surface area (Å²) in [6, 6.07) is 14.9. The van der Waals surface area contributed by atoms with E-state index in [9.17, 15) is 0 Å². The number of ether oxygens (including phenoxy) is 1. The average molecular weight is 604 g/mol. The van der Waals surface area contributed by atoms with Gasteiger partial charge in [-0.25, -0.2) is 0 Å². The van der Waals surface area contributed by atoms with E-state index in [0.29, 0.717) is 0 Å². The van der Waals surface area contributed by atoms with Gasteiger partial charge in [0.25, 0.3) is 0 Å². The van der Waals surface area contributed by atoms with Crippen LogP contribution >= 0.6 is 66.5 Å². The Hall–Kier alpha value is 1.63. The molecule has 0 N–H and O–H groups in total. The molecule has 0 bridgehead atoms. The van der Waals surface area contributed by atoms with Gasteiger partial charge in [-0.15, -0.1) is 66.5 Å². The van der Waals surface area contributed by atoms with Gasteiger partial charge in [-0.3, -0.25) is 0 Å². The molecule has 0 atom stereocenters. The van der Waals surface area contributed by atoms with Crippen LogP contribution in [0.3, 0.4) is 0 Å². The topological polar surface area (TPSA) is 9.23 Å². The van der Waals surface area contributed by atoms with Crippen LogP contribution in [0.1, 0.15) is 19.3 Å².